The van der Waals surface area contributed by atoms with E-state index >= 15 is 0 Å². The van der Waals surface area contributed by atoms with Crippen molar-refractivity contribution in [2.75, 3.05) is 13.2 Å². The van der Waals surface area contributed by atoms with E-state index in [1.807, 2.05) is 0 Å². The molecule has 0 bridgehead atoms. The summed E-state index contributed by atoms with van der Waals surface area (Å²) in [5.41, 5.74) is -1.01. The molecule has 1 aromatic rings. The van der Waals surface area contributed by atoms with Gasteiger partial charge in [-0.25, -0.2) is 13.1 Å². The van der Waals surface area contributed by atoms with Gasteiger partial charge in [-0.15, -0.1) is 0 Å². The summed E-state index contributed by atoms with van der Waals surface area (Å²) in [6.45, 7) is 1.70. The fraction of sp³-hybridized carbons (Fsp3) is 0.500. The average molecular weight is 311 g/mol. The first kappa shape index (κ1) is 16.9. The highest BCUT2D eigenvalue weighted by molar-refractivity contribution is 7.89. The maximum Gasteiger partial charge on any atom is 0.416 e. The van der Waals surface area contributed by atoms with Crippen LogP contribution in [0.2, 0.25) is 0 Å². The van der Waals surface area contributed by atoms with Gasteiger partial charge in [0, 0.05) is 13.2 Å². The van der Waals surface area contributed by atoms with Gasteiger partial charge in [0.2, 0.25) is 10.0 Å². The lowest BCUT2D eigenvalue weighted by atomic mass is 10.1. The second kappa shape index (κ2) is 6.55. The number of sulfonamides is 1. The molecule has 0 radical (unpaired) electrons. The highest BCUT2D eigenvalue weighted by Gasteiger charge is 2.31. The molecule has 0 aliphatic rings. The Morgan fingerprint density at radius 2 is 2.00 bits per heavy atom. The Kier molecular flexibility index (Phi) is 5.55. The van der Waals surface area contributed by atoms with Crippen LogP contribution in [0, 0.1) is 5.92 Å². The molecular weight excluding hydrogens is 295 g/mol. The van der Waals surface area contributed by atoms with Gasteiger partial charge in [-0.2, -0.15) is 13.2 Å². The molecule has 1 rings (SSSR count). The first-order valence-electron chi connectivity index (χ1n) is 5.94. The minimum atomic E-state index is -4.59. The molecule has 20 heavy (non-hydrogen) atoms. The van der Waals surface area contributed by atoms with E-state index in [0.717, 1.165) is 18.2 Å². The quantitative estimate of drug-likeness (QED) is 0.844. The Balaban J connectivity index is 2.88. The molecule has 0 heterocycles. The van der Waals surface area contributed by atoms with Gasteiger partial charge in [0.1, 0.15) is 0 Å². The molecule has 4 nitrogen and oxygen atoms in total. The fourth-order valence-electron chi connectivity index (χ4n) is 1.50. The van der Waals surface area contributed by atoms with Crippen molar-refractivity contribution >= 4 is 10.0 Å². The Hall–Kier alpha value is -1.12. The molecule has 1 aromatic carbocycles. The smallest absolute Gasteiger partial charge is 0.396 e. The summed E-state index contributed by atoms with van der Waals surface area (Å²) < 4.78 is 63.6. The summed E-state index contributed by atoms with van der Waals surface area (Å²) in [7, 11) is -3.99. The fourth-order valence-corrected chi connectivity index (χ4v) is 2.71. The number of aliphatic hydroxyl groups excluding tert-OH is 1. The molecule has 114 valence electrons. The molecule has 0 fully saturated rings. The first-order chi connectivity index (χ1) is 9.16. The number of halogens is 3. The minimum Gasteiger partial charge on any atom is -0.396 e. The maximum absolute atomic E-state index is 12.5. The molecule has 0 saturated carbocycles. The molecule has 0 aliphatic carbocycles. The van der Waals surface area contributed by atoms with Crippen LogP contribution in [0.1, 0.15) is 18.9 Å². The van der Waals surface area contributed by atoms with E-state index in [1.54, 1.807) is 6.92 Å². The summed E-state index contributed by atoms with van der Waals surface area (Å²) in [4.78, 5) is -0.427. The van der Waals surface area contributed by atoms with Crippen LogP contribution in [0.4, 0.5) is 13.2 Å². The van der Waals surface area contributed by atoms with E-state index in [2.05, 4.69) is 4.72 Å². The van der Waals surface area contributed by atoms with Crippen LogP contribution in [-0.2, 0) is 16.2 Å². The Morgan fingerprint density at radius 1 is 1.35 bits per heavy atom. The number of nitrogens with one attached hydrogen (secondary N) is 1. The molecule has 0 aromatic heterocycles. The van der Waals surface area contributed by atoms with Crippen LogP contribution in [0.3, 0.4) is 0 Å². The molecule has 0 saturated heterocycles. The maximum atomic E-state index is 12.5. The predicted molar refractivity (Wildman–Crippen MR) is 67.5 cm³/mol. The lowest BCUT2D eigenvalue weighted by Crippen LogP contribution is -2.29. The number of alkyl halides is 3. The molecule has 0 amide bonds. The highest BCUT2D eigenvalue weighted by atomic mass is 32.2. The molecule has 8 heteroatoms. The van der Waals surface area contributed by atoms with Crippen molar-refractivity contribution in [3.05, 3.63) is 29.8 Å². The van der Waals surface area contributed by atoms with Crippen molar-refractivity contribution in [2.24, 2.45) is 5.92 Å². The summed E-state index contributed by atoms with van der Waals surface area (Å²) in [5.74, 6) is -0.111. The van der Waals surface area contributed by atoms with Gasteiger partial charge in [0.05, 0.1) is 10.5 Å². The van der Waals surface area contributed by atoms with E-state index in [4.69, 9.17) is 5.11 Å². The number of rotatable bonds is 6. The molecule has 1 unspecified atom stereocenters. The number of hydrogen-bond acceptors (Lipinski definition) is 3. The zero-order valence-corrected chi connectivity index (χ0v) is 11.6. The third-order valence-electron chi connectivity index (χ3n) is 2.72. The summed E-state index contributed by atoms with van der Waals surface area (Å²) in [6.07, 6.45) is -4.18. The van der Waals surface area contributed by atoms with Crippen LogP contribution in [-0.4, -0.2) is 26.7 Å². The molecule has 0 aliphatic heterocycles. The molecular formula is C12H16F3NO3S. The monoisotopic (exact) mass is 311 g/mol. The van der Waals surface area contributed by atoms with Crippen molar-refractivity contribution < 1.29 is 26.7 Å². The van der Waals surface area contributed by atoms with Crippen LogP contribution in [0.25, 0.3) is 0 Å². The molecule has 2 N–H and O–H groups in total. The second-order valence-electron chi connectivity index (χ2n) is 4.49. The molecule has 0 spiro atoms. The van der Waals surface area contributed by atoms with Crippen LogP contribution in [0.5, 0.6) is 0 Å². The van der Waals surface area contributed by atoms with E-state index in [9.17, 15) is 21.6 Å². The lowest BCUT2D eigenvalue weighted by Gasteiger charge is -2.13. The molecule has 1 atom stereocenters. The zero-order chi connectivity index (χ0) is 15.4. The van der Waals surface area contributed by atoms with E-state index in [0.29, 0.717) is 12.5 Å². The average Bonchev–Trinajstić information content (AvgIpc) is 2.36. The van der Waals surface area contributed by atoms with E-state index in [1.165, 1.54) is 0 Å². The van der Waals surface area contributed by atoms with Crippen molar-refractivity contribution in [3.8, 4) is 0 Å². The third-order valence-corrected chi connectivity index (χ3v) is 4.14. The minimum absolute atomic E-state index is 0.0547. The van der Waals surface area contributed by atoms with E-state index < -0.39 is 26.7 Å². The summed E-state index contributed by atoms with van der Waals surface area (Å²) in [6, 6.07) is 3.56. The Bertz CT molecular complexity index is 543. The van der Waals surface area contributed by atoms with Crippen molar-refractivity contribution in [1.82, 2.24) is 4.72 Å². The lowest BCUT2D eigenvalue weighted by molar-refractivity contribution is -0.137. The number of aliphatic hydroxyl groups is 1. The van der Waals surface area contributed by atoms with Crippen LogP contribution < -0.4 is 4.72 Å². The normalized spacial score (nSPS) is 14.2. The van der Waals surface area contributed by atoms with Gasteiger partial charge < -0.3 is 5.11 Å². The number of benzene rings is 1. The van der Waals surface area contributed by atoms with E-state index in [-0.39, 0.29) is 19.1 Å². The highest BCUT2D eigenvalue weighted by Crippen LogP contribution is 2.30. The largest absolute Gasteiger partial charge is 0.416 e. The van der Waals surface area contributed by atoms with Crippen LogP contribution in [0.15, 0.2) is 29.2 Å². The van der Waals surface area contributed by atoms with Crippen molar-refractivity contribution in [2.45, 2.75) is 24.4 Å². The first-order valence-corrected chi connectivity index (χ1v) is 7.43. The third kappa shape index (κ3) is 4.77. The zero-order valence-electron chi connectivity index (χ0n) is 10.8. The van der Waals surface area contributed by atoms with Gasteiger partial charge in [-0.3, -0.25) is 0 Å². The van der Waals surface area contributed by atoms with Crippen LogP contribution >= 0.6 is 0 Å². The van der Waals surface area contributed by atoms with Gasteiger partial charge in [0.25, 0.3) is 0 Å². The standard InChI is InChI=1S/C12H16F3NO3S/c1-9(5-6-17)8-16-20(18,19)11-4-2-3-10(7-11)12(13,14)15/h2-4,7,9,16-17H,5-6,8H2,1H3. The SMILES string of the molecule is CC(CCO)CNS(=O)(=O)c1cccc(C(F)(F)F)c1. The predicted octanol–water partition coefficient (Wildman–Crippen LogP) is 2.00. The summed E-state index contributed by atoms with van der Waals surface area (Å²) >= 11 is 0. The van der Waals surface area contributed by atoms with Gasteiger partial charge >= 0.3 is 6.18 Å². The van der Waals surface area contributed by atoms with Crippen molar-refractivity contribution in [1.29, 1.82) is 0 Å². The Labute approximate surface area is 115 Å². The number of hydrogen-bond donors (Lipinski definition) is 2. The van der Waals surface area contributed by atoms with Gasteiger partial charge in [-0.05, 0) is 30.5 Å². The van der Waals surface area contributed by atoms with Gasteiger partial charge in [-0.1, -0.05) is 13.0 Å². The van der Waals surface area contributed by atoms with Crippen molar-refractivity contribution in [3.63, 3.8) is 0 Å². The van der Waals surface area contributed by atoms with Gasteiger partial charge in [0.15, 0.2) is 0 Å². The second-order valence-corrected chi connectivity index (χ2v) is 6.26. The summed E-state index contributed by atoms with van der Waals surface area (Å²) in [5, 5.41) is 8.71. The Morgan fingerprint density at radius 3 is 2.55 bits per heavy atom. The topological polar surface area (TPSA) is 66.4 Å².